The average Bonchev–Trinajstić information content (AvgIpc) is 3.45. The minimum Gasteiger partial charge on any atom is -0.368 e. The molecule has 0 N–H and O–H groups in total. The average molecular weight is 571 g/mol. The van der Waals surface area contributed by atoms with E-state index in [2.05, 4.69) is 129 Å². The maximum absolute atomic E-state index is 2.57. The van der Waals surface area contributed by atoms with E-state index in [1.54, 1.807) is 5.56 Å². The zero-order chi connectivity index (χ0) is 30.0. The van der Waals surface area contributed by atoms with Gasteiger partial charge in [0.15, 0.2) is 0 Å². The minimum absolute atomic E-state index is 0.382. The first-order chi connectivity index (χ1) is 20.8. The van der Waals surface area contributed by atoms with Crippen molar-refractivity contribution in [2.24, 2.45) is 5.92 Å². The highest BCUT2D eigenvalue weighted by atomic mass is 15.3. The van der Waals surface area contributed by atoms with E-state index in [1.807, 2.05) is 0 Å². The molecule has 4 aromatic rings. The van der Waals surface area contributed by atoms with E-state index in [4.69, 9.17) is 0 Å². The van der Waals surface area contributed by atoms with Gasteiger partial charge in [-0.2, -0.15) is 0 Å². The lowest BCUT2D eigenvalue weighted by molar-refractivity contribution is 0.390. The van der Waals surface area contributed by atoms with E-state index in [-0.39, 0.29) is 0 Å². The van der Waals surface area contributed by atoms with Gasteiger partial charge in [0, 0.05) is 37.6 Å². The number of rotatable bonds is 8. The lowest BCUT2D eigenvalue weighted by Crippen LogP contribution is -2.46. The van der Waals surface area contributed by atoms with E-state index in [1.165, 1.54) is 88.8 Å². The summed E-state index contributed by atoms with van der Waals surface area (Å²) in [5, 5.41) is 0. The van der Waals surface area contributed by atoms with Crippen LogP contribution in [0.15, 0.2) is 84.9 Å². The third-order valence-corrected chi connectivity index (χ3v) is 10.8. The molecule has 2 unspecified atom stereocenters. The molecule has 0 radical (unpaired) electrons. The Morgan fingerprint density at radius 2 is 1.26 bits per heavy atom. The number of benzene rings is 4. The lowest BCUT2D eigenvalue weighted by atomic mass is 9.73. The van der Waals surface area contributed by atoms with Crippen LogP contribution in [0.1, 0.15) is 72.4 Å². The molecule has 0 bridgehead atoms. The Bertz CT molecular complexity index is 1530. The molecule has 1 saturated carbocycles. The lowest BCUT2D eigenvalue weighted by Gasteiger charge is -2.37. The van der Waals surface area contributed by atoms with Gasteiger partial charge in [0.25, 0.3) is 0 Å². The molecule has 2 fully saturated rings. The van der Waals surface area contributed by atoms with Crippen molar-refractivity contribution in [3.63, 3.8) is 0 Å². The summed E-state index contributed by atoms with van der Waals surface area (Å²) in [6.07, 6.45) is 7.84. The third kappa shape index (κ3) is 6.40. The normalized spacial score (nSPS) is 20.5. The zero-order valence-corrected chi connectivity index (χ0v) is 27.1. The number of nitrogens with zero attached hydrogens (tertiary/aromatic N) is 2. The molecule has 1 aliphatic heterocycles. The Labute approximate surface area is 260 Å². The molecule has 6 rings (SSSR count). The Balaban J connectivity index is 1.02. The summed E-state index contributed by atoms with van der Waals surface area (Å²) in [5.74, 6) is 0.832. The predicted molar refractivity (Wildman–Crippen MR) is 186 cm³/mol. The number of hydrogen-bond acceptors (Lipinski definition) is 2. The van der Waals surface area contributed by atoms with Gasteiger partial charge in [-0.15, -0.1) is 0 Å². The molecule has 1 saturated heterocycles. The molecular formula is C41H50N2. The highest BCUT2D eigenvalue weighted by Gasteiger charge is 2.39. The number of anilines is 2. The Morgan fingerprint density at radius 1 is 0.651 bits per heavy atom. The summed E-state index contributed by atoms with van der Waals surface area (Å²) in [6, 6.07) is 32.3. The van der Waals surface area contributed by atoms with Crippen molar-refractivity contribution >= 4 is 11.4 Å². The predicted octanol–water partition coefficient (Wildman–Crippen LogP) is 9.99. The molecule has 1 aliphatic carbocycles. The summed E-state index contributed by atoms with van der Waals surface area (Å²) < 4.78 is 0. The van der Waals surface area contributed by atoms with Crippen molar-refractivity contribution in [1.82, 2.24) is 0 Å². The fraction of sp³-hybridized carbons (Fsp3) is 0.415. The van der Waals surface area contributed by atoms with Gasteiger partial charge in [-0.1, -0.05) is 78.7 Å². The van der Waals surface area contributed by atoms with Crippen molar-refractivity contribution in [3.05, 3.63) is 118 Å². The van der Waals surface area contributed by atoms with Crippen LogP contribution in [0.3, 0.4) is 0 Å². The van der Waals surface area contributed by atoms with Crippen LogP contribution in [0.25, 0.3) is 11.1 Å². The van der Waals surface area contributed by atoms with E-state index in [0.29, 0.717) is 5.41 Å². The van der Waals surface area contributed by atoms with Gasteiger partial charge in [-0.05, 0) is 135 Å². The van der Waals surface area contributed by atoms with E-state index < -0.39 is 0 Å². The second kappa shape index (κ2) is 12.6. The summed E-state index contributed by atoms with van der Waals surface area (Å²) in [6.45, 7) is 15.7. The fourth-order valence-corrected chi connectivity index (χ4v) is 8.00. The second-order valence-corrected chi connectivity index (χ2v) is 13.6. The Hall–Kier alpha value is -3.52. The number of hydrogen-bond donors (Lipinski definition) is 0. The van der Waals surface area contributed by atoms with Crippen molar-refractivity contribution < 1.29 is 0 Å². The highest BCUT2D eigenvalue weighted by molar-refractivity contribution is 5.67. The standard InChI is InChI=1S/C41H50N2/c1-6-41(40-20-9-31(3)27-33(40)5)22-21-34(29-41)10-13-35-14-19-39(28-32(35)4)43-25-23-42(24-26-43)38-17-15-37(16-18-38)36-11-7-30(2)8-12-36/h7-9,11-12,14-20,27-28,34H,6,10,13,21-26,29H2,1-5H3. The van der Waals surface area contributed by atoms with Gasteiger partial charge in [-0.3, -0.25) is 0 Å². The molecule has 0 amide bonds. The van der Waals surface area contributed by atoms with Crippen LogP contribution in [-0.4, -0.2) is 26.2 Å². The van der Waals surface area contributed by atoms with Crippen LogP contribution >= 0.6 is 0 Å². The first-order valence-corrected chi connectivity index (χ1v) is 16.7. The molecule has 4 aromatic carbocycles. The summed E-state index contributed by atoms with van der Waals surface area (Å²) in [4.78, 5) is 5.11. The second-order valence-electron chi connectivity index (χ2n) is 13.6. The quantitative estimate of drug-likeness (QED) is 0.208. The highest BCUT2D eigenvalue weighted by Crippen LogP contribution is 2.49. The number of aryl methyl sites for hydroxylation is 5. The molecular weight excluding hydrogens is 520 g/mol. The van der Waals surface area contributed by atoms with Gasteiger partial charge in [0.1, 0.15) is 0 Å². The molecule has 2 heteroatoms. The van der Waals surface area contributed by atoms with E-state index >= 15 is 0 Å². The summed E-state index contributed by atoms with van der Waals surface area (Å²) >= 11 is 0. The van der Waals surface area contributed by atoms with Gasteiger partial charge < -0.3 is 9.80 Å². The van der Waals surface area contributed by atoms with Crippen molar-refractivity contribution in [3.8, 4) is 11.1 Å². The first-order valence-electron chi connectivity index (χ1n) is 16.7. The summed E-state index contributed by atoms with van der Waals surface area (Å²) in [7, 11) is 0. The van der Waals surface area contributed by atoms with E-state index in [9.17, 15) is 0 Å². The third-order valence-electron chi connectivity index (χ3n) is 10.8. The van der Waals surface area contributed by atoms with Crippen LogP contribution < -0.4 is 9.80 Å². The van der Waals surface area contributed by atoms with Crippen molar-refractivity contribution in [1.29, 1.82) is 0 Å². The van der Waals surface area contributed by atoms with Crippen LogP contribution in [0, 0.1) is 33.6 Å². The maximum Gasteiger partial charge on any atom is 0.0370 e. The smallest absolute Gasteiger partial charge is 0.0370 e. The SMILES string of the molecule is CCC1(c2ccc(C)cc2C)CCC(CCc2ccc(N3CCN(c4ccc(-c5ccc(C)cc5)cc4)CC3)cc2C)C1. The molecule has 2 aliphatic rings. The van der Waals surface area contributed by atoms with Crippen LogP contribution in [-0.2, 0) is 11.8 Å². The van der Waals surface area contributed by atoms with E-state index in [0.717, 1.165) is 32.1 Å². The maximum atomic E-state index is 2.57. The first kappa shape index (κ1) is 29.5. The monoisotopic (exact) mass is 570 g/mol. The van der Waals surface area contributed by atoms with Crippen LogP contribution in [0.2, 0.25) is 0 Å². The number of piperazine rings is 1. The van der Waals surface area contributed by atoms with Crippen molar-refractivity contribution in [2.75, 3.05) is 36.0 Å². The minimum atomic E-state index is 0.382. The fourth-order valence-electron chi connectivity index (χ4n) is 8.00. The Morgan fingerprint density at radius 3 is 1.88 bits per heavy atom. The molecule has 0 spiro atoms. The van der Waals surface area contributed by atoms with Crippen LogP contribution in [0.5, 0.6) is 0 Å². The van der Waals surface area contributed by atoms with Gasteiger partial charge in [0.05, 0.1) is 0 Å². The zero-order valence-electron chi connectivity index (χ0n) is 27.1. The molecule has 43 heavy (non-hydrogen) atoms. The van der Waals surface area contributed by atoms with Gasteiger partial charge >= 0.3 is 0 Å². The molecule has 1 heterocycles. The van der Waals surface area contributed by atoms with Crippen molar-refractivity contribution in [2.45, 2.75) is 78.6 Å². The molecule has 2 atom stereocenters. The largest absolute Gasteiger partial charge is 0.368 e. The summed E-state index contributed by atoms with van der Waals surface area (Å²) in [5.41, 5.74) is 14.5. The Kier molecular flexibility index (Phi) is 8.66. The topological polar surface area (TPSA) is 6.48 Å². The molecule has 0 aromatic heterocycles. The molecule has 224 valence electrons. The van der Waals surface area contributed by atoms with Gasteiger partial charge in [0.2, 0.25) is 0 Å². The van der Waals surface area contributed by atoms with Gasteiger partial charge in [-0.25, -0.2) is 0 Å². The molecule has 2 nitrogen and oxygen atoms in total. The van der Waals surface area contributed by atoms with Crippen LogP contribution in [0.4, 0.5) is 11.4 Å².